The van der Waals surface area contributed by atoms with Gasteiger partial charge in [-0.05, 0) is 36.1 Å². The Kier molecular flexibility index (Phi) is 5.44. The van der Waals surface area contributed by atoms with Crippen molar-refractivity contribution in [3.05, 3.63) is 119 Å². The monoisotopic (exact) mass is 456 g/mol. The van der Waals surface area contributed by atoms with Crippen molar-refractivity contribution < 1.29 is 9.90 Å². The second-order valence-corrected chi connectivity index (χ2v) is 8.18. The van der Waals surface area contributed by atoms with Crippen molar-refractivity contribution in [2.45, 2.75) is 6.92 Å². The Bertz CT molecular complexity index is 1700. The molecule has 0 radical (unpaired) electrons. The van der Waals surface area contributed by atoms with Crippen LogP contribution in [0, 0.1) is 23.7 Å². The largest absolute Gasteiger partial charge is 0.507 e. The second-order valence-electron chi connectivity index (χ2n) is 8.18. The molecule has 0 saturated carbocycles. The van der Waals surface area contributed by atoms with Gasteiger partial charge in [0.05, 0.1) is 11.3 Å². The highest BCUT2D eigenvalue weighted by Crippen LogP contribution is 2.33. The molecule has 0 spiro atoms. The van der Waals surface area contributed by atoms with Gasteiger partial charge >= 0.3 is 0 Å². The number of ketones is 1. The minimum absolute atomic E-state index is 0.0186. The maximum Gasteiger partial charge on any atom is 0.217 e. The lowest BCUT2D eigenvalue weighted by Crippen LogP contribution is -2.28. The number of aromatic nitrogens is 2. The summed E-state index contributed by atoms with van der Waals surface area (Å²) in [6.45, 7) is 1.94. The van der Waals surface area contributed by atoms with E-state index in [1.807, 2.05) is 37.3 Å². The summed E-state index contributed by atoms with van der Waals surface area (Å²) in [4.78, 5) is 13.9. The highest BCUT2D eigenvalue weighted by atomic mass is 16.3. The van der Waals surface area contributed by atoms with Crippen LogP contribution in [0.2, 0.25) is 0 Å². The first kappa shape index (κ1) is 21.8. The van der Waals surface area contributed by atoms with E-state index in [4.69, 9.17) is 5.41 Å². The third-order valence-corrected chi connectivity index (χ3v) is 5.95. The number of nitrogens with zero attached hydrogens (tertiary/aromatic N) is 3. The lowest BCUT2D eigenvalue weighted by molar-refractivity contribution is 0.103. The van der Waals surface area contributed by atoms with Gasteiger partial charge in [0.1, 0.15) is 23.1 Å². The molecule has 168 valence electrons. The van der Waals surface area contributed by atoms with Crippen LogP contribution in [0.1, 0.15) is 27.2 Å². The maximum absolute atomic E-state index is 13.9. The van der Waals surface area contributed by atoms with Gasteiger partial charge in [-0.2, -0.15) is 10.4 Å². The van der Waals surface area contributed by atoms with Crippen LogP contribution in [0.25, 0.3) is 27.6 Å². The smallest absolute Gasteiger partial charge is 0.217 e. The average molecular weight is 457 g/mol. The Hall–Kier alpha value is -5.02. The van der Waals surface area contributed by atoms with Crippen LogP contribution in [-0.2, 0) is 0 Å². The molecule has 6 nitrogen and oxygen atoms in total. The topological polar surface area (TPSA) is 103 Å². The predicted molar refractivity (Wildman–Crippen MR) is 133 cm³/mol. The zero-order valence-corrected chi connectivity index (χ0v) is 18.9. The third kappa shape index (κ3) is 3.75. The fourth-order valence-corrected chi connectivity index (χ4v) is 4.14. The number of carbonyl (C=O) groups excluding carboxylic acids is 1. The summed E-state index contributed by atoms with van der Waals surface area (Å²) in [7, 11) is 0. The van der Waals surface area contributed by atoms with Crippen LogP contribution in [0.15, 0.2) is 91.0 Å². The number of benzene rings is 4. The molecule has 4 aromatic carbocycles. The number of aromatic hydroxyl groups is 1. The van der Waals surface area contributed by atoms with E-state index in [1.54, 1.807) is 60.7 Å². The van der Waals surface area contributed by atoms with E-state index in [1.165, 1.54) is 4.68 Å². The zero-order chi connectivity index (χ0) is 24.5. The van der Waals surface area contributed by atoms with Gasteiger partial charge in [-0.3, -0.25) is 10.2 Å². The van der Waals surface area contributed by atoms with Crippen LogP contribution in [0.5, 0.6) is 5.75 Å². The molecule has 2 N–H and O–H groups in total. The summed E-state index contributed by atoms with van der Waals surface area (Å²) in [5.74, 6) is -0.686. The highest BCUT2D eigenvalue weighted by molar-refractivity contribution is 6.15. The SMILES string of the molecule is Cc1ccc(-n2nc(C(=O)c3ccc4ccccc4c3O)c(-c3ccccc3)c(C#N)c2=N)cc1. The number of phenolic OH excluding ortho intramolecular Hbond substituents is 1. The Morgan fingerprint density at radius 1 is 0.943 bits per heavy atom. The number of hydrogen-bond acceptors (Lipinski definition) is 5. The molecule has 0 saturated heterocycles. The second kappa shape index (κ2) is 8.73. The maximum atomic E-state index is 13.9. The number of aryl methyl sites for hydroxylation is 1. The van der Waals surface area contributed by atoms with Crippen molar-refractivity contribution in [2.24, 2.45) is 0 Å². The molecule has 1 aromatic heterocycles. The van der Waals surface area contributed by atoms with Crippen LogP contribution in [0.3, 0.4) is 0 Å². The molecule has 0 atom stereocenters. The van der Waals surface area contributed by atoms with Gasteiger partial charge in [0.15, 0.2) is 5.49 Å². The van der Waals surface area contributed by atoms with Gasteiger partial charge in [0.2, 0.25) is 5.78 Å². The van der Waals surface area contributed by atoms with Gasteiger partial charge in [-0.15, -0.1) is 0 Å². The first-order valence-corrected chi connectivity index (χ1v) is 11.0. The van der Waals surface area contributed by atoms with Gasteiger partial charge in [0, 0.05) is 10.9 Å². The fraction of sp³-hybridized carbons (Fsp3) is 0.0345. The van der Waals surface area contributed by atoms with Crippen LogP contribution in [-0.4, -0.2) is 20.7 Å². The van der Waals surface area contributed by atoms with E-state index in [9.17, 15) is 15.2 Å². The number of phenols is 1. The molecule has 0 aliphatic rings. The van der Waals surface area contributed by atoms with Crippen LogP contribution in [0.4, 0.5) is 0 Å². The van der Waals surface area contributed by atoms with Gasteiger partial charge in [-0.1, -0.05) is 78.4 Å². The van der Waals surface area contributed by atoms with Gasteiger partial charge < -0.3 is 5.11 Å². The molecular weight excluding hydrogens is 436 g/mol. The molecular formula is C29H20N4O2. The van der Waals surface area contributed by atoms with Crippen molar-refractivity contribution in [1.82, 2.24) is 9.78 Å². The summed E-state index contributed by atoms with van der Waals surface area (Å²) >= 11 is 0. The summed E-state index contributed by atoms with van der Waals surface area (Å²) < 4.78 is 1.29. The Morgan fingerprint density at radius 2 is 1.63 bits per heavy atom. The molecule has 5 rings (SSSR count). The lowest BCUT2D eigenvalue weighted by Gasteiger charge is -2.16. The summed E-state index contributed by atoms with van der Waals surface area (Å²) in [6.07, 6.45) is 0. The minimum atomic E-state index is -0.538. The van der Waals surface area contributed by atoms with Crippen LogP contribution >= 0.6 is 0 Å². The highest BCUT2D eigenvalue weighted by Gasteiger charge is 2.26. The number of nitriles is 1. The summed E-state index contributed by atoms with van der Waals surface area (Å²) in [6, 6.07) is 28.9. The number of rotatable bonds is 4. The number of hydrogen-bond donors (Lipinski definition) is 2. The van der Waals surface area contributed by atoms with E-state index in [2.05, 4.69) is 11.2 Å². The molecule has 0 aliphatic carbocycles. The molecule has 0 amide bonds. The predicted octanol–water partition coefficient (Wildman–Crippen LogP) is 5.29. The molecule has 5 aromatic rings. The zero-order valence-electron chi connectivity index (χ0n) is 18.9. The Labute approximate surface area is 201 Å². The molecule has 0 fully saturated rings. The van der Waals surface area contributed by atoms with Crippen molar-refractivity contribution in [1.29, 1.82) is 10.7 Å². The lowest BCUT2D eigenvalue weighted by atomic mass is 9.94. The third-order valence-electron chi connectivity index (χ3n) is 5.95. The first-order chi connectivity index (χ1) is 17.0. The molecule has 0 bridgehead atoms. The molecule has 6 heteroatoms. The Morgan fingerprint density at radius 3 is 2.34 bits per heavy atom. The molecule has 1 heterocycles. The number of carbonyl (C=O) groups is 1. The van der Waals surface area contributed by atoms with Crippen molar-refractivity contribution in [2.75, 3.05) is 0 Å². The quantitative estimate of drug-likeness (QED) is 0.359. The fourth-order valence-electron chi connectivity index (χ4n) is 4.14. The number of fused-ring (bicyclic) bond motifs is 1. The molecule has 0 aliphatic heterocycles. The van der Waals surface area contributed by atoms with Gasteiger partial charge in [0.25, 0.3) is 0 Å². The Balaban J connectivity index is 1.83. The summed E-state index contributed by atoms with van der Waals surface area (Å²) in [5.41, 5.74) is 2.38. The minimum Gasteiger partial charge on any atom is -0.507 e. The van der Waals surface area contributed by atoms with Gasteiger partial charge in [-0.25, -0.2) is 4.68 Å². The molecule has 35 heavy (non-hydrogen) atoms. The van der Waals surface area contributed by atoms with E-state index >= 15 is 0 Å². The van der Waals surface area contributed by atoms with E-state index in [0.717, 1.165) is 10.9 Å². The van der Waals surface area contributed by atoms with E-state index in [-0.39, 0.29) is 33.6 Å². The van der Waals surface area contributed by atoms with Crippen molar-refractivity contribution in [3.8, 4) is 28.6 Å². The van der Waals surface area contributed by atoms with Crippen molar-refractivity contribution in [3.63, 3.8) is 0 Å². The van der Waals surface area contributed by atoms with E-state index in [0.29, 0.717) is 16.6 Å². The van der Waals surface area contributed by atoms with Crippen molar-refractivity contribution >= 4 is 16.6 Å². The standard InChI is InChI=1S/C29H20N4O2/c1-18-11-14-21(15-12-18)33-29(31)24(17-30)25(20-8-3-2-4-9-20)26(32-33)28(35)23-16-13-19-7-5-6-10-22(19)27(23)34/h2-16,31,34H,1H3. The van der Waals surface area contributed by atoms with Crippen LogP contribution < -0.4 is 5.49 Å². The molecule has 0 unspecified atom stereocenters. The average Bonchev–Trinajstić information content (AvgIpc) is 2.89. The summed E-state index contributed by atoms with van der Waals surface area (Å²) in [5, 5.41) is 35.7. The van der Waals surface area contributed by atoms with E-state index < -0.39 is 5.78 Å². The normalized spacial score (nSPS) is 10.7. The number of nitrogens with one attached hydrogen (secondary N) is 1. The first-order valence-electron chi connectivity index (χ1n) is 11.0.